The molecule has 0 aliphatic carbocycles. The molecule has 4 atom stereocenters. The van der Waals surface area contributed by atoms with E-state index in [1.54, 1.807) is 22.2 Å². The zero-order valence-corrected chi connectivity index (χ0v) is 34.4. The Morgan fingerprint density at radius 2 is 1.19 bits per heavy atom. The van der Waals surface area contributed by atoms with Gasteiger partial charge in [0, 0.05) is 35.5 Å². The third-order valence-electron chi connectivity index (χ3n) is 11.7. The first-order chi connectivity index (χ1) is 28.4. The highest BCUT2D eigenvalue weighted by molar-refractivity contribution is 6.07. The molecule has 16 heteroatoms. The van der Waals surface area contributed by atoms with E-state index < -0.39 is 24.3 Å². The first-order valence-electron chi connectivity index (χ1n) is 20.3. The molecule has 3 aliphatic rings. The van der Waals surface area contributed by atoms with Gasteiger partial charge in [-0.25, -0.2) is 19.6 Å². The summed E-state index contributed by atoms with van der Waals surface area (Å²) >= 11 is 0. The molecule has 0 spiro atoms. The number of likely N-dealkylation sites (tertiary alicyclic amines) is 2. The number of H-pyrrole nitrogens is 2. The van der Waals surface area contributed by atoms with E-state index in [-0.39, 0.29) is 41.6 Å². The van der Waals surface area contributed by atoms with E-state index in [1.807, 2.05) is 64.1 Å². The maximum atomic E-state index is 14.0. The summed E-state index contributed by atoms with van der Waals surface area (Å²) < 4.78 is 9.53. The highest BCUT2D eigenvalue weighted by Crippen LogP contribution is 2.36. The van der Waals surface area contributed by atoms with Crippen LogP contribution in [0.1, 0.15) is 98.6 Å². The number of benzene rings is 2. The Balaban J connectivity index is 1.06. The predicted octanol–water partition coefficient (Wildman–Crippen LogP) is 5.91. The molecule has 5 heterocycles. The van der Waals surface area contributed by atoms with Gasteiger partial charge in [-0.05, 0) is 73.6 Å². The number of anilines is 1. The summed E-state index contributed by atoms with van der Waals surface area (Å²) in [6.07, 6.45) is 6.63. The number of rotatable bonds is 10. The monoisotopic (exact) mass is 807 g/mol. The SMILES string of the molecule is COC(=O)N[C@H](C(=O)N1CCC[C@H]1c1ncc(-c2ccc3c(c2)NC(=O)c2cc(-c4cnc([C@@H]5CCCN5C(=O)[C@@H](NC(=O)OC)C(C)C)[nH]4)ccc2CC3)[nH]1)C(C)C. The molecule has 2 aromatic heterocycles. The number of alkyl carbamates (subject to hydrolysis) is 2. The summed E-state index contributed by atoms with van der Waals surface area (Å²) in [7, 11) is 2.55. The highest BCUT2D eigenvalue weighted by Gasteiger charge is 2.39. The molecule has 5 N–H and O–H groups in total. The molecule has 0 unspecified atom stereocenters. The van der Waals surface area contributed by atoms with Crippen LogP contribution in [-0.2, 0) is 31.9 Å². The summed E-state index contributed by atoms with van der Waals surface area (Å²) in [5, 5.41) is 8.53. The maximum Gasteiger partial charge on any atom is 0.407 e. The second kappa shape index (κ2) is 17.3. The number of amides is 5. The van der Waals surface area contributed by atoms with Crippen molar-refractivity contribution in [1.82, 2.24) is 40.4 Å². The standard InChI is InChI=1S/C43H53N9O7/c1-23(2)35(49-42(56)58-5)40(54)51-17-7-9-33(51)37-44-21-31(46-37)27-15-12-25-11-13-26-14-16-28(20-30(26)48-39(53)29(25)19-27)32-22-45-38(47-32)34-10-8-18-52(34)41(55)36(24(3)4)50-43(57)59-6/h12,14-16,19-24,33-36H,7-11,13,17-18H2,1-6H3,(H,44,46)(H,45,47)(H,48,53)(H,49,56)(H,50,57)/t33-,34-,35-,36-/m0/s1. The van der Waals surface area contributed by atoms with Crippen molar-refractivity contribution < 1.29 is 33.4 Å². The average molecular weight is 808 g/mol. The molecular formula is C43H53N9O7. The van der Waals surface area contributed by atoms with Crippen LogP contribution < -0.4 is 16.0 Å². The molecule has 59 heavy (non-hydrogen) atoms. The number of fused-ring (bicyclic) bond motifs is 2. The molecule has 2 aromatic carbocycles. The van der Waals surface area contributed by atoms with E-state index in [4.69, 9.17) is 9.47 Å². The van der Waals surface area contributed by atoms with Crippen molar-refractivity contribution >= 4 is 35.6 Å². The number of methoxy groups -OCH3 is 2. The van der Waals surface area contributed by atoms with E-state index in [9.17, 15) is 24.0 Å². The molecule has 0 saturated carbocycles. The largest absolute Gasteiger partial charge is 0.453 e. The van der Waals surface area contributed by atoms with Gasteiger partial charge in [0.15, 0.2) is 0 Å². The third-order valence-corrected chi connectivity index (χ3v) is 11.7. The molecule has 4 aromatic rings. The number of carbonyl (C=O) groups excluding carboxylic acids is 5. The van der Waals surface area contributed by atoms with Crippen molar-refractivity contribution in [3.05, 3.63) is 77.1 Å². The maximum absolute atomic E-state index is 14.0. The van der Waals surface area contributed by atoms with Crippen LogP contribution in [0.15, 0.2) is 48.8 Å². The fourth-order valence-electron chi connectivity index (χ4n) is 8.40. The zero-order chi connectivity index (χ0) is 42.0. The Kier molecular flexibility index (Phi) is 12.1. The third kappa shape index (κ3) is 8.52. The van der Waals surface area contributed by atoms with E-state index in [1.165, 1.54) is 14.2 Å². The first kappa shape index (κ1) is 41.0. The molecule has 0 radical (unpaired) electrons. The lowest BCUT2D eigenvalue weighted by molar-refractivity contribution is -0.136. The Morgan fingerprint density at radius 3 is 1.68 bits per heavy atom. The van der Waals surface area contributed by atoms with E-state index in [0.29, 0.717) is 48.8 Å². The number of carbonyl (C=O) groups is 5. The quantitative estimate of drug-likeness (QED) is 0.129. The number of aromatic nitrogens is 4. The van der Waals surface area contributed by atoms with Crippen molar-refractivity contribution in [3.63, 3.8) is 0 Å². The van der Waals surface area contributed by atoms with Gasteiger partial charge in [0.2, 0.25) is 11.8 Å². The van der Waals surface area contributed by atoms with E-state index in [2.05, 4.69) is 35.9 Å². The fourth-order valence-corrected chi connectivity index (χ4v) is 8.40. The normalized spacial score (nSPS) is 18.7. The minimum atomic E-state index is -0.732. The van der Waals surface area contributed by atoms with Gasteiger partial charge < -0.3 is 45.2 Å². The molecule has 0 bridgehead atoms. The van der Waals surface area contributed by atoms with Gasteiger partial charge >= 0.3 is 12.2 Å². The molecule has 5 amide bonds. The number of nitrogens with zero attached hydrogens (tertiary/aromatic N) is 4. The molecule has 2 fully saturated rings. The number of ether oxygens (including phenoxy) is 2. The molecule has 2 saturated heterocycles. The second-order valence-corrected chi connectivity index (χ2v) is 16.2. The van der Waals surface area contributed by atoms with Crippen LogP contribution in [0.2, 0.25) is 0 Å². The number of hydrogen-bond acceptors (Lipinski definition) is 9. The summed E-state index contributed by atoms with van der Waals surface area (Å²) in [5.41, 5.74) is 6.33. The number of nitrogens with one attached hydrogen (secondary N) is 5. The van der Waals surface area contributed by atoms with Gasteiger partial charge in [-0.1, -0.05) is 52.0 Å². The predicted molar refractivity (Wildman–Crippen MR) is 219 cm³/mol. The van der Waals surface area contributed by atoms with E-state index in [0.717, 1.165) is 59.3 Å². The Hall–Kier alpha value is -6.19. The Bertz CT molecular complexity index is 2230. The van der Waals surface area contributed by atoms with Crippen molar-refractivity contribution in [3.8, 4) is 22.5 Å². The summed E-state index contributed by atoms with van der Waals surface area (Å²) in [6.45, 7) is 8.63. The van der Waals surface area contributed by atoms with Crippen LogP contribution in [0.4, 0.5) is 15.3 Å². The summed E-state index contributed by atoms with van der Waals surface area (Å²) in [5.74, 6) is 0.442. The second-order valence-electron chi connectivity index (χ2n) is 16.2. The highest BCUT2D eigenvalue weighted by atomic mass is 16.5. The van der Waals surface area contributed by atoms with Crippen LogP contribution in [0.3, 0.4) is 0 Å². The zero-order valence-electron chi connectivity index (χ0n) is 34.4. The van der Waals surface area contributed by atoms with Gasteiger partial charge in [-0.2, -0.15) is 0 Å². The number of imidazole rings is 2. The van der Waals surface area contributed by atoms with Crippen LogP contribution in [0, 0.1) is 11.8 Å². The van der Waals surface area contributed by atoms with Gasteiger partial charge in [0.05, 0.1) is 50.1 Å². The molecular weight excluding hydrogens is 755 g/mol. The lowest BCUT2D eigenvalue weighted by atomic mass is 9.93. The van der Waals surface area contributed by atoms with Crippen LogP contribution in [0.25, 0.3) is 22.5 Å². The van der Waals surface area contributed by atoms with Gasteiger partial charge in [0.25, 0.3) is 5.91 Å². The number of hydrogen-bond donors (Lipinski definition) is 5. The summed E-state index contributed by atoms with van der Waals surface area (Å²) in [6, 6.07) is 9.82. The van der Waals surface area contributed by atoms with Crippen molar-refractivity contribution in [2.24, 2.45) is 11.8 Å². The van der Waals surface area contributed by atoms with Gasteiger partial charge in [-0.15, -0.1) is 0 Å². The molecule has 3 aliphatic heterocycles. The smallest absolute Gasteiger partial charge is 0.407 e. The Morgan fingerprint density at radius 1 is 0.712 bits per heavy atom. The van der Waals surface area contributed by atoms with Crippen LogP contribution >= 0.6 is 0 Å². The topological polar surface area (TPSA) is 204 Å². The average Bonchev–Trinajstić information content (AvgIpc) is 4.07. The first-order valence-corrected chi connectivity index (χ1v) is 20.3. The minimum Gasteiger partial charge on any atom is -0.453 e. The van der Waals surface area contributed by atoms with Crippen LogP contribution in [0.5, 0.6) is 0 Å². The van der Waals surface area contributed by atoms with Crippen molar-refractivity contribution in [2.75, 3.05) is 32.6 Å². The molecule has 7 rings (SSSR count). The van der Waals surface area contributed by atoms with Gasteiger partial charge in [-0.3, -0.25) is 14.4 Å². The fraction of sp³-hybridized carbons (Fsp3) is 0.465. The van der Waals surface area contributed by atoms with Gasteiger partial charge in [0.1, 0.15) is 23.7 Å². The molecule has 16 nitrogen and oxygen atoms in total. The number of aromatic amines is 2. The van der Waals surface area contributed by atoms with Crippen molar-refractivity contribution in [1.29, 1.82) is 0 Å². The lowest BCUT2D eigenvalue weighted by Gasteiger charge is -2.30. The Labute approximate surface area is 343 Å². The lowest BCUT2D eigenvalue weighted by Crippen LogP contribution is -2.51. The van der Waals surface area contributed by atoms with Crippen molar-refractivity contribution in [2.45, 2.75) is 90.4 Å². The summed E-state index contributed by atoms with van der Waals surface area (Å²) in [4.78, 5) is 85.0. The number of aryl methyl sites for hydroxylation is 2. The van der Waals surface area contributed by atoms with Crippen LogP contribution in [-0.4, -0.2) is 99.0 Å². The minimum absolute atomic E-state index is 0.139. The van der Waals surface area contributed by atoms with E-state index >= 15 is 0 Å². The molecule has 312 valence electrons.